The largest absolute Gasteiger partial charge is 0.494 e. The van der Waals surface area contributed by atoms with E-state index in [1.165, 1.54) is 13.8 Å². The van der Waals surface area contributed by atoms with Crippen LogP contribution in [0.5, 0.6) is 5.75 Å². The Hall–Kier alpha value is -1.31. The van der Waals surface area contributed by atoms with Crippen LogP contribution in [0.1, 0.15) is 34.6 Å². The summed E-state index contributed by atoms with van der Waals surface area (Å²) in [4.78, 5) is 9.44. The maximum Gasteiger partial charge on any atom is 0.126 e. The van der Waals surface area contributed by atoms with E-state index in [9.17, 15) is 4.79 Å². The molecule has 0 heterocycles. The van der Waals surface area contributed by atoms with Crippen LogP contribution >= 0.6 is 0 Å². The van der Waals surface area contributed by atoms with E-state index in [-0.39, 0.29) is 5.78 Å². The number of hydrogen-bond donors (Lipinski definition) is 0. The summed E-state index contributed by atoms with van der Waals surface area (Å²) in [5.41, 5.74) is 0. The third-order valence-electron chi connectivity index (χ3n) is 1.05. The molecule has 0 saturated heterocycles. The SMILES string of the molecule is CC.CC(C)=O.CCOc1ccccc1. The molecule has 0 atom stereocenters. The van der Waals surface area contributed by atoms with Crippen molar-refractivity contribution >= 4 is 5.78 Å². The first kappa shape index (κ1) is 16.1. The number of benzene rings is 1. The van der Waals surface area contributed by atoms with Crippen LogP contribution in [0.25, 0.3) is 0 Å². The fourth-order valence-corrected chi connectivity index (χ4v) is 0.683. The van der Waals surface area contributed by atoms with Gasteiger partial charge in [-0.15, -0.1) is 0 Å². The van der Waals surface area contributed by atoms with Gasteiger partial charge in [0, 0.05) is 0 Å². The molecule has 0 aromatic heterocycles. The highest BCUT2D eigenvalue weighted by atomic mass is 16.5. The Morgan fingerprint density at radius 3 is 1.87 bits per heavy atom. The summed E-state index contributed by atoms with van der Waals surface area (Å²) in [7, 11) is 0. The molecule has 1 aromatic carbocycles. The highest BCUT2D eigenvalue weighted by Crippen LogP contribution is 2.06. The summed E-state index contributed by atoms with van der Waals surface area (Å²) in [6.45, 7) is 9.77. The van der Waals surface area contributed by atoms with Crippen molar-refractivity contribution in [3.63, 3.8) is 0 Å². The molecule has 0 aliphatic rings. The standard InChI is InChI=1S/C8H10O.C3H6O.C2H6/c1-2-9-8-6-4-3-5-7-8;1-3(2)4;1-2/h3-7H,2H2,1H3;1-2H3;1-2H3. The van der Waals surface area contributed by atoms with Gasteiger partial charge in [-0.05, 0) is 32.9 Å². The normalized spacial score (nSPS) is 7.53. The third-order valence-corrected chi connectivity index (χ3v) is 1.05. The average Bonchev–Trinajstić information content (AvgIpc) is 2.22. The fraction of sp³-hybridized carbons (Fsp3) is 0.462. The van der Waals surface area contributed by atoms with Crippen molar-refractivity contribution < 1.29 is 9.53 Å². The molecule has 0 N–H and O–H groups in total. The van der Waals surface area contributed by atoms with Gasteiger partial charge in [-0.1, -0.05) is 32.0 Å². The van der Waals surface area contributed by atoms with E-state index in [4.69, 9.17) is 4.74 Å². The van der Waals surface area contributed by atoms with Crippen molar-refractivity contribution in [2.75, 3.05) is 6.61 Å². The third kappa shape index (κ3) is 15.4. The van der Waals surface area contributed by atoms with E-state index in [1.54, 1.807) is 0 Å². The number of rotatable bonds is 2. The summed E-state index contributed by atoms with van der Waals surface area (Å²) in [6.07, 6.45) is 0. The van der Waals surface area contributed by atoms with Gasteiger partial charge in [0.25, 0.3) is 0 Å². The second-order valence-corrected chi connectivity index (χ2v) is 2.65. The molecule has 0 fully saturated rings. The number of ketones is 1. The molecule has 1 aromatic rings. The second kappa shape index (κ2) is 12.7. The predicted octanol–water partition coefficient (Wildman–Crippen LogP) is 3.71. The molecule has 2 nitrogen and oxygen atoms in total. The first-order chi connectivity index (χ1) is 7.16. The second-order valence-electron chi connectivity index (χ2n) is 2.65. The van der Waals surface area contributed by atoms with Crippen molar-refractivity contribution in [2.45, 2.75) is 34.6 Å². The monoisotopic (exact) mass is 210 g/mol. The zero-order chi connectivity index (χ0) is 12.1. The van der Waals surface area contributed by atoms with Gasteiger partial charge in [-0.3, -0.25) is 0 Å². The topological polar surface area (TPSA) is 26.3 Å². The van der Waals surface area contributed by atoms with Gasteiger partial charge in [0.15, 0.2) is 0 Å². The van der Waals surface area contributed by atoms with Gasteiger partial charge in [0.05, 0.1) is 6.61 Å². The molecular formula is C13H22O2. The van der Waals surface area contributed by atoms with E-state index in [1.807, 2.05) is 51.1 Å². The van der Waals surface area contributed by atoms with Crippen molar-refractivity contribution in [3.8, 4) is 5.75 Å². The van der Waals surface area contributed by atoms with Gasteiger partial charge < -0.3 is 9.53 Å². The highest BCUT2D eigenvalue weighted by molar-refractivity contribution is 5.72. The molecule has 86 valence electrons. The summed E-state index contributed by atoms with van der Waals surface area (Å²) in [5, 5.41) is 0. The number of hydrogen-bond acceptors (Lipinski definition) is 2. The van der Waals surface area contributed by atoms with Crippen LogP contribution < -0.4 is 4.74 Å². The van der Waals surface area contributed by atoms with E-state index >= 15 is 0 Å². The Bertz CT molecular complexity index is 226. The molecule has 0 saturated carbocycles. The van der Waals surface area contributed by atoms with Gasteiger partial charge in [0.1, 0.15) is 11.5 Å². The lowest BCUT2D eigenvalue weighted by atomic mass is 10.3. The number of carbonyl (C=O) groups excluding carboxylic acids is 1. The Kier molecular flexibility index (Phi) is 13.6. The van der Waals surface area contributed by atoms with Crippen molar-refractivity contribution in [3.05, 3.63) is 30.3 Å². The summed E-state index contributed by atoms with van der Waals surface area (Å²) in [6, 6.07) is 9.80. The van der Waals surface area contributed by atoms with Gasteiger partial charge >= 0.3 is 0 Å². The molecule has 1 rings (SSSR count). The highest BCUT2D eigenvalue weighted by Gasteiger charge is 1.83. The molecule has 0 spiro atoms. The van der Waals surface area contributed by atoms with Gasteiger partial charge in [-0.2, -0.15) is 0 Å². The first-order valence-electron chi connectivity index (χ1n) is 5.31. The van der Waals surface area contributed by atoms with Crippen LogP contribution in [0.3, 0.4) is 0 Å². The Morgan fingerprint density at radius 2 is 1.53 bits per heavy atom. The minimum atomic E-state index is 0.167. The van der Waals surface area contributed by atoms with Gasteiger partial charge in [0.2, 0.25) is 0 Å². The molecular weight excluding hydrogens is 188 g/mol. The van der Waals surface area contributed by atoms with Crippen LogP contribution in [0.4, 0.5) is 0 Å². The molecule has 0 amide bonds. The average molecular weight is 210 g/mol. The maximum atomic E-state index is 9.44. The molecule has 2 heteroatoms. The Morgan fingerprint density at radius 1 is 1.13 bits per heavy atom. The van der Waals surface area contributed by atoms with Crippen LogP contribution in [0.2, 0.25) is 0 Å². The quantitative estimate of drug-likeness (QED) is 0.744. The summed E-state index contributed by atoms with van der Waals surface area (Å²) >= 11 is 0. The van der Waals surface area contributed by atoms with Gasteiger partial charge in [-0.25, -0.2) is 0 Å². The lowest BCUT2D eigenvalue weighted by Gasteiger charge is -1.99. The van der Waals surface area contributed by atoms with Crippen LogP contribution in [0, 0.1) is 0 Å². The number of Topliss-reactive ketones (excluding diaryl/α,β-unsaturated/α-hetero) is 1. The van der Waals surface area contributed by atoms with Crippen molar-refractivity contribution in [1.82, 2.24) is 0 Å². The number of carbonyl (C=O) groups is 1. The lowest BCUT2D eigenvalue weighted by Crippen LogP contribution is -1.89. The predicted molar refractivity (Wildman–Crippen MR) is 65.3 cm³/mol. The van der Waals surface area contributed by atoms with Crippen LogP contribution in [-0.4, -0.2) is 12.4 Å². The molecule has 0 radical (unpaired) electrons. The molecule has 0 unspecified atom stereocenters. The van der Waals surface area contributed by atoms with E-state index in [0.29, 0.717) is 0 Å². The van der Waals surface area contributed by atoms with E-state index in [2.05, 4.69) is 0 Å². The zero-order valence-electron chi connectivity index (χ0n) is 10.4. The van der Waals surface area contributed by atoms with Crippen LogP contribution in [0.15, 0.2) is 30.3 Å². The number of para-hydroxylation sites is 1. The van der Waals surface area contributed by atoms with Crippen LogP contribution in [-0.2, 0) is 4.79 Å². The summed E-state index contributed by atoms with van der Waals surface area (Å²) < 4.78 is 5.21. The zero-order valence-corrected chi connectivity index (χ0v) is 10.4. The van der Waals surface area contributed by atoms with E-state index < -0.39 is 0 Å². The Labute approximate surface area is 93.3 Å². The minimum absolute atomic E-state index is 0.167. The lowest BCUT2D eigenvalue weighted by molar-refractivity contribution is -0.114. The van der Waals surface area contributed by atoms with Crippen molar-refractivity contribution in [1.29, 1.82) is 0 Å². The van der Waals surface area contributed by atoms with E-state index in [0.717, 1.165) is 12.4 Å². The fourth-order valence-electron chi connectivity index (χ4n) is 0.683. The van der Waals surface area contributed by atoms with Crippen molar-refractivity contribution in [2.24, 2.45) is 0 Å². The minimum Gasteiger partial charge on any atom is -0.494 e. The summed E-state index contributed by atoms with van der Waals surface area (Å²) in [5.74, 6) is 1.11. The maximum absolute atomic E-state index is 9.44. The number of ether oxygens (including phenoxy) is 1. The smallest absolute Gasteiger partial charge is 0.126 e. The molecule has 0 aliphatic carbocycles. The first-order valence-corrected chi connectivity index (χ1v) is 5.31. The molecule has 15 heavy (non-hydrogen) atoms. The molecule has 0 bridgehead atoms. The Balaban J connectivity index is 0. The molecule has 0 aliphatic heterocycles.